The van der Waals surface area contributed by atoms with Crippen molar-refractivity contribution in [1.29, 1.82) is 0 Å². The van der Waals surface area contributed by atoms with E-state index in [4.69, 9.17) is 13.9 Å². The molecule has 0 saturated heterocycles. The highest BCUT2D eigenvalue weighted by molar-refractivity contribution is 7.92. The molecule has 4 aromatic carbocycles. The van der Waals surface area contributed by atoms with E-state index in [-0.39, 0.29) is 27.9 Å². The van der Waals surface area contributed by atoms with E-state index in [1.807, 2.05) is 66.7 Å². The lowest BCUT2D eigenvalue weighted by Gasteiger charge is -2.57. The van der Waals surface area contributed by atoms with Crippen LogP contribution in [0.3, 0.4) is 0 Å². The molecule has 2 aliphatic rings. The Morgan fingerprint density at radius 2 is 1.44 bits per heavy atom. The molecule has 4 aromatic rings. The number of hydrogen-bond acceptors (Lipinski definition) is 5. The second-order valence-corrected chi connectivity index (χ2v) is 28.7. The number of hydrogen-bond donors (Lipinski definition) is 0. The van der Waals surface area contributed by atoms with Crippen molar-refractivity contribution in [3.05, 3.63) is 149 Å². The molecule has 0 aliphatic heterocycles. The summed E-state index contributed by atoms with van der Waals surface area (Å²) < 4.78 is 50.0. The summed E-state index contributed by atoms with van der Waals surface area (Å²) in [4.78, 5) is 0.382. The van der Waals surface area contributed by atoms with Gasteiger partial charge in [-0.15, -0.1) is 0 Å². The molecule has 346 valence electrons. The molecule has 0 aromatic heterocycles. The maximum Gasteiger partial charge on any atom is 0.192 e. The van der Waals surface area contributed by atoms with Crippen molar-refractivity contribution in [3.63, 3.8) is 0 Å². The molecule has 2 aliphatic carbocycles. The van der Waals surface area contributed by atoms with Gasteiger partial charge in [0.15, 0.2) is 18.2 Å². The number of rotatable bonds is 19. The molecule has 0 spiro atoms. The molecule has 1 unspecified atom stereocenters. The van der Waals surface area contributed by atoms with Gasteiger partial charge < -0.3 is 13.9 Å². The molecule has 0 bridgehead atoms. The van der Waals surface area contributed by atoms with Crippen molar-refractivity contribution in [1.82, 2.24) is 0 Å². The molecular weight excluding hydrogens is 825 g/mol. The number of fused-ring (bicyclic) bond motifs is 1. The van der Waals surface area contributed by atoms with Crippen molar-refractivity contribution in [2.45, 2.75) is 161 Å². The molecule has 0 radical (unpaired) electrons. The maximum absolute atomic E-state index is 14.9. The van der Waals surface area contributed by atoms with Gasteiger partial charge in [0.1, 0.15) is 24.7 Å². The summed E-state index contributed by atoms with van der Waals surface area (Å²) in [5.74, 6) is 2.57. The Morgan fingerprint density at radius 3 is 2.05 bits per heavy atom. The van der Waals surface area contributed by atoms with E-state index in [2.05, 4.69) is 118 Å². The standard InChI is InChI=1S/C57H78O5SSi/c1-42(28-30-47-38-48(60-40-45-22-15-12-16-23-45)31-32-52(47)61-41-46-24-17-13-18-25-46)36-50(63(58,59)49-26-19-14-20-27-49)37-44(3)53(62-64(10,11)55(4,5)6)39-51-43(2)29-33-54-56(7,8)34-21-35-57(51,54)9/h12-20,22-29,31-32,38,44,50-51,53-54H,21,30,33-37,39-41H2,1-11H3/b42-28+/t44-,50?,51+,53-,54+,57-/m1/s1. The van der Waals surface area contributed by atoms with Crippen LogP contribution in [-0.4, -0.2) is 28.1 Å². The van der Waals surface area contributed by atoms with Gasteiger partial charge in [-0.3, -0.25) is 0 Å². The first-order valence-corrected chi connectivity index (χ1v) is 28.4. The third kappa shape index (κ3) is 12.1. The SMILES string of the molecule is CC1=CC[C@H]2C(C)(C)CCC[C@]2(C)[C@H]1C[C@@H](O[Si](C)(C)C(C)(C)C)[C@H](C)CC(C/C(C)=C/Cc1cc(OCc2ccccc2)ccc1OCc1ccccc1)S(=O)(=O)c1ccccc1. The van der Waals surface area contributed by atoms with Crippen molar-refractivity contribution in [2.75, 3.05) is 0 Å². The largest absolute Gasteiger partial charge is 0.489 e. The highest BCUT2D eigenvalue weighted by atomic mass is 32.2. The Kier molecular flexibility index (Phi) is 16.0. The fourth-order valence-corrected chi connectivity index (χ4v) is 14.0. The van der Waals surface area contributed by atoms with Gasteiger partial charge in [0.2, 0.25) is 0 Å². The molecule has 5 nitrogen and oxygen atoms in total. The summed E-state index contributed by atoms with van der Waals surface area (Å²) in [7, 11) is -5.94. The van der Waals surface area contributed by atoms with Crippen LogP contribution in [0.1, 0.15) is 124 Å². The number of benzene rings is 4. The third-order valence-electron chi connectivity index (χ3n) is 15.5. The van der Waals surface area contributed by atoms with Crippen molar-refractivity contribution in [3.8, 4) is 11.5 Å². The van der Waals surface area contributed by atoms with Crippen LogP contribution in [0.25, 0.3) is 0 Å². The average molecular weight is 903 g/mol. The predicted molar refractivity (Wildman–Crippen MR) is 269 cm³/mol. The summed E-state index contributed by atoms with van der Waals surface area (Å²) in [5.41, 5.74) is 6.17. The minimum atomic E-state index is -3.70. The van der Waals surface area contributed by atoms with Crippen molar-refractivity contribution >= 4 is 18.2 Å². The summed E-state index contributed by atoms with van der Waals surface area (Å²) in [6, 6.07) is 35.5. The fourth-order valence-electron chi connectivity index (χ4n) is 10.6. The van der Waals surface area contributed by atoms with E-state index in [9.17, 15) is 8.42 Å². The van der Waals surface area contributed by atoms with E-state index in [1.165, 1.54) is 24.8 Å². The topological polar surface area (TPSA) is 61.8 Å². The van der Waals surface area contributed by atoms with Gasteiger partial charge in [0.25, 0.3) is 0 Å². The van der Waals surface area contributed by atoms with Crippen LogP contribution in [0.5, 0.6) is 11.5 Å². The molecule has 0 heterocycles. The summed E-state index contributed by atoms with van der Waals surface area (Å²) in [6.07, 6.45) is 12.0. The number of allylic oxidation sites excluding steroid dienone is 4. The first-order valence-electron chi connectivity index (χ1n) is 23.9. The second kappa shape index (κ2) is 20.7. The van der Waals surface area contributed by atoms with E-state index in [1.54, 1.807) is 12.1 Å². The van der Waals surface area contributed by atoms with Gasteiger partial charge in [-0.2, -0.15) is 0 Å². The van der Waals surface area contributed by atoms with E-state index < -0.39 is 23.4 Å². The van der Waals surface area contributed by atoms with Crippen LogP contribution < -0.4 is 9.47 Å². The Morgan fingerprint density at radius 1 is 0.844 bits per heavy atom. The second-order valence-electron chi connectivity index (χ2n) is 21.8. The zero-order valence-electron chi connectivity index (χ0n) is 41.0. The first kappa shape index (κ1) is 49.5. The highest BCUT2D eigenvalue weighted by Gasteiger charge is 2.53. The average Bonchev–Trinajstić information content (AvgIpc) is 3.25. The molecule has 1 fully saturated rings. The van der Waals surface area contributed by atoms with Gasteiger partial charge in [-0.1, -0.05) is 157 Å². The fraction of sp³-hybridized carbons (Fsp3) is 0.509. The minimum Gasteiger partial charge on any atom is -0.489 e. The Hall–Kier alpha value is -3.91. The van der Waals surface area contributed by atoms with Crippen LogP contribution in [0.2, 0.25) is 18.1 Å². The maximum atomic E-state index is 14.9. The number of sulfone groups is 1. The monoisotopic (exact) mass is 903 g/mol. The van der Waals surface area contributed by atoms with Crippen LogP contribution in [0.4, 0.5) is 0 Å². The van der Waals surface area contributed by atoms with Gasteiger partial charge in [0.05, 0.1) is 10.1 Å². The van der Waals surface area contributed by atoms with Gasteiger partial charge in [-0.25, -0.2) is 8.42 Å². The molecule has 6 rings (SSSR count). The third-order valence-corrected chi connectivity index (χ3v) is 22.2. The van der Waals surface area contributed by atoms with Crippen molar-refractivity contribution < 1.29 is 22.3 Å². The van der Waals surface area contributed by atoms with E-state index >= 15 is 0 Å². The van der Waals surface area contributed by atoms with Gasteiger partial charge >= 0.3 is 0 Å². The zero-order chi connectivity index (χ0) is 46.3. The predicted octanol–water partition coefficient (Wildman–Crippen LogP) is 15.2. The Balaban J connectivity index is 1.30. The molecule has 64 heavy (non-hydrogen) atoms. The minimum absolute atomic E-state index is 0.00947. The normalized spacial score (nSPS) is 21.9. The van der Waals surface area contributed by atoms with Crippen LogP contribution in [-0.2, 0) is 33.9 Å². The lowest BCUT2D eigenvalue weighted by molar-refractivity contribution is -0.0526. The molecule has 1 saturated carbocycles. The van der Waals surface area contributed by atoms with Gasteiger partial charge in [0, 0.05) is 11.7 Å². The summed E-state index contributed by atoms with van der Waals surface area (Å²) in [5, 5.41) is -0.606. The lowest BCUT2D eigenvalue weighted by Crippen LogP contribution is -2.51. The van der Waals surface area contributed by atoms with Crippen LogP contribution in [0, 0.1) is 28.6 Å². The van der Waals surface area contributed by atoms with Crippen molar-refractivity contribution in [2.24, 2.45) is 28.6 Å². The zero-order valence-corrected chi connectivity index (χ0v) is 42.8. The van der Waals surface area contributed by atoms with E-state index in [0.717, 1.165) is 46.6 Å². The molecule has 0 amide bonds. The molecule has 6 atom stereocenters. The highest BCUT2D eigenvalue weighted by Crippen LogP contribution is 2.61. The van der Waals surface area contributed by atoms with E-state index in [0.29, 0.717) is 49.2 Å². The Labute approximate surface area is 389 Å². The molecule has 7 heteroatoms. The van der Waals surface area contributed by atoms with Gasteiger partial charge in [-0.05, 0) is 147 Å². The molecular formula is C57H78O5SSi. The Bertz CT molecular complexity index is 2290. The first-order chi connectivity index (χ1) is 30.2. The quantitative estimate of drug-likeness (QED) is 0.0693. The van der Waals surface area contributed by atoms with Crippen LogP contribution in [0.15, 0.2) is 137 Å². The smallest absolute Gasteiger partial charge is 0.192 e. The summed E-state index contributed by atoms with van der Waals surface area (Å²) in [6.45, 7) is 26.8. The summed E-state index contributed by atoms with van der Waals surface area (Å²) >= 11 is 0. The van der Waals surface area contributed by atoms with Crippen LogP contribution >= 0.6 is 0 Å². The molecule has 0 N–H and O–H groups in total. The number of ether oxygens (including phenoxy) is 2. The lowest BCUT2D eigenvalue weighted by atomic mass is 9.48.